The lowest BCUT2D eigenvalue weighted by atomic mass is 10.2. The number of carbonyl (C=O) groups excluding carboxylic acids is 1. The van der Waals surface area contributed by atoms with Crippen LogP contribution in [0.4, 0.5) is 5.69 Å². The number of rotatable bonds is 8. The quantitative estimate of drug-likeness (QED) is 0.435. The topological polar surface area (TPSA) is 97.6 Å². The molecule has 0 unspecified atom stereocenters. The van der Waals surface area contributed by atoms with Gasteiger partial charge in [-0.25, -0.2) is 4.98 Å². The molecule has 0 saturated heterocycles. The highest BCUT2D eigenvalue weighted by atomic mass is 35.5. The first-order valence-corrected chi connectivity index (χ1v) is 6.59. The molecule has 116 valence electrons. The Morgan fingerprint density at radius 2 is 2.29 bits per heavy atom. The molecule has 0 aliphatic carbocycles. The van der Waals surface area contributed by atoms with Gasteiger partial charge >= 0.3 is 0 Å². The Labute approximate surface area is 127 Å². The van der Waals surface area contributed by atoms with Crippen LogP contribution in [0.5, 0.6) is 0 Å². The standard InChI is InChI=1S/C12H17ClN4O4/c1-16(5-6-21-2)4-3-14-12(18)9-7-11(13)15-8-10(9)17(19)20/h7-8H,3-6H2,1-2H3,(H,14,18). The van der Waals surface area contributed by atoms with E-state index in [0.29, 0.717) is 19.7 Å². The molecule has 0 aliphatic heterocycles. The summed E-state index contributed by atoms with van der Waals surface area (Å²) in [6.07, 6.45) is 0.974. The van der Waals surface area contributed by atoms with Gasteiger partial charge < -0.3 is 15.0 Å². The maximum absolute atomic E-state index is 12.0. The predicted octanol–water partition coefficient (Wildman–Crippen LogP) is 0.951. The van der Waals surface area contributed by atoms with Crippen molar-refractivity contribution in [2.45, 2.75) is 0 Å². The average molecular weight is 317 g/mol. The first-order valence-electron chi connectivity index (χ1n) is 6.21. The number of carbonyl (C=O) groups is 1. The first kappa shape index (κ1) is 17.3. The average Bonchev–Trinajstić information content (AvgIpc) is 2.44. The van der Waals surface area contributed by atoms with Crippen LogP contribution in [-0.4, -0.2) is 61.1 Å². The zero-order valence-corrected chi connectivity index (χ0v) is 12.6. The Kier molecular flexibility index (Phi) is 7.00. The van der Waals surface area contributed by atoms with Crippen LogP contribution in [-0.2, 0) is 4.74 Å². The number of nitro groups is 1. The molecule has 0 atom stereocenters. The molecule has 0 saturated carbocycles. The summed E-state index contributed by atoms with van der Waals surface area (Å²) in [7, 11) is 3.50. The molecule has 0 fully saturated rings. The summed E-state index contributed by atoms with van der Waals surface area (Å²) >= 11 is 5.67. The fraction of sp³-hybridized carbons (Fsp3) is 0.500. The van der Waals surface area contributed by atoms with E-state index in [2.05, 4.69) is 10.3 Å². The number of hydrogen-bond donors (Lipinski definition) is 1. The normalized spacial score (nSPS) is 10.7. The molecule has 21 heavy (non-hydrogen) atoms. The highest BCUT2D eigenvalue weighted by Gasteiger charge is 2.21. The van der Waals surface area contributed by atoms with Gasteiger partial charge in [0.2, 0.25) is 0 Å². The molecule has 0 aliphatic rings. The summed E-state index contributed by atoms with van der Waals surface area (Å²) in [5.74, 6) is -0.550. The van der Waals surface area contributed by atoms with Gasteiger partial charge in [0.25, 0.3) is 11.6 Å². The fourth-order valence-electron chi connectivity index (χ4n) is 1.56. The van der Waals surface area contributed by atoms with Crippen molar-refractivity contribution in [2.75, 3.05) is 40.4 Å². The van der Waals surface area contributed by atoms with Gasteiger partial charge in [-0.2, -0.15) is 0 Å². The zero-order valence-electron chi connectivity index (χ0n) is 11.8. The molecule has 9 heteroatoms. The maximum atomic E-state index is 12.0. The van der Waals surface area contributed by atoms with E-state index in [1.807, 2.05) is 11.9 Å². The monoisotopic (exact) mass is 316 g/mol. The van der Waals surface area contributed by atoms with Gasteiger partial charge in [-0.3, -0.25) is 14.9 Å². The van der Waals surface area contributed by atoms with E-state index < -0.39 is 10.8 Å². The summed E-state index contributed by atoms with van der Waals surface area (Å²) < 4.78 is 4.94. The predicted molar refractivity (Wildman–Crippen MR) is 77.6 cm³/mol. The van der Waals surface area contributed by atoms with Gasteiger partial charge in [0.15, 0.2) is 0 Å². The highest BCUT2D eigenvalue weighted by molar-refractivity contribution is 6.29. The van der Waals surface area contributed by atoms with Crippen LogP contribution >= 0.6 is 11.6 Å². The lowest BCUT2D eigenvalue weighted by Crippen LogP contribution is -2.34. The molecule has 1 heterocycles. The molecular formula is C12H17ClN4O4. The minimum absolute atomic E-state index is 0.0305. The third kappa shape index (κ3) is 5.62. The number of pyridine rings is 1. The zero-order chi connectivity index (χ0) is 15.8. The number of nitrogens with zero attached hydrogens (tertiary/aromatic N) is 3. The SMILES string of the molecule is COCCN(C)CCNC(=O)c1cc(Cl)ncc1[N+](=O)[O-]. The second-order valence-electron chi connectivity index (χ2n) is 4.33. The minimum Gasteiger partial charge on any atom is -0.383 e. The van der Waals surface area contributed by atoms with Crippen LogP contribution in [0.15, 0.2) is 12.3 Å². The number of aromatic nitrogens is 1. The Hall–Kier alpha value is -1.77. The smallest absolute Gasteiger partial charge is 0.300 e. The van der Waals surface area contributed by atoms with Gasteiger partial charge in [-0.1, -0.05) is 11.6 Å². The van der Waals surface area contributed by atoms with E-state index in [1.54, 1.807) is 7.11 Å². The first-order chi connectivity index (χ1) is 9.95. The fourth-order valence-corrected chi connectivity index (χ4v) is 1.72. The molecule has 0 aromatic carbocycles. The molecule has 1 rings (SSSR count). The van der Waals surface area contributed by atoms with E-state index in [9.17, 15) is 14.9 Å². The molecular weight excluding hydrogens is 300 g/mol. The molecule has 1 aromatic rings. The van der Waals surface area contributed by atoms with Gasteiger partial charge in [0, 0.05) is 26.7 Å². The molecule has 1 amide bonds. The van der Waals surface area contributed by atoms with Gasteiger partial charge in [0.1, 0.15) is 16.9 Å². The number of likely N-dealkylation sites (N-methyl/N-ethyl adjacent to an activating group) is 1. The number of hydrogen-bond acceptors (Lipinski definition) is 6. The summed E-state index contributed by atoms with van der Waals surface area (Å²) in [6, 6.07) is 1.18. The van der Waals surface area contributed by atoms with Crippen LogP contribution in [0, 0.1) is 10.1 Å². The maximum Gasteiger partial charge on any atom is 0.300 e. The van der Waals surface area contributed by atoms with Gasteiger partial charge in [-0.15, -0.1) is 0 Å². The van der Waals surface area contributed by atoms with Crippen molar-refractivity contribution in [3.63, 3.8) is 0 Å². The third-order valence-electron chi connectivity index (χ3n) is 2.75. The molecule has 1 N–H and O–H groups in total. The summed E-state index contributed by atoms with van der Waals surface area (Å²) in [4.78, 5) is 27.7. The Balaban J connectivity index is 2.60. The molecule has 1 aromatic heterocycles. The van der Waals surface area contributed by atoms with E-state index in [0.717, 1.165) is 12.7 Å². The Bertz CT molecular complexity index is 512. The van der Waals surface area contributed by atoms with E-state index in [-0.39, 0.29) is 16.4 Å². The number of methoxy groups -OCH3 is 1. The van der Waals surface area contributed by atoms with Crippen LogP contribution in [0.3, 0.4) is 0 Å². The van der Waals surface area contributed by atoms with Gasteiger partial charge in [-0.05, 0) is 13.1 Å². The van der Waals surface area contributed by atoms with Crippen molar-refractivity contribution in [3.05, 3.63) is 33.1 Å². The van der Waals surface area contributed by atoms with E-state index in [1.165, 1.54) is 6.07 Å². The van der Waals surface area contributed by atoms with Crippen LogP contribution in [0.25, 0.3) is 0 Å². The Morgan fingerprint density at radius 3 is 2.90 bits per heavy atom. The van der Waals surface area contributed by atoms with Crippen molar-refractivity contribution < 1.29 is 14.5 Å². The van der Waals surface area contributed by atoms with Crippen molar-refractivity contribution in [3.8, 4) is 0 Å². The molecule has 0 spiro atoms. The van der Waals surface area contributed by atoms with Crippen molar-refractivity contribution in [1.82, 2.24) is 15.2 Å². The van der Waals surface area contributed by atoms with Crippen LogP contribution in [0.1, 0.15) is 10.4 Å². The van der Waals surface area contributed by atoms with Crippen LogP contribution in [0.2, 0.25) is 5.15 Å². The summed E-state index contributed by atoms with van der Waals surface area (Å²) in [5.41, 5.74) is -0.468. The number of halogens is 1. The molecule has 0 bridgehead atoms. The van der Waals surface area contributed by atoms with Crippen molar-refractivity contribution in [1.29, 1.82) is 0 Å². The van der Waals surface area contributed by atoms with Crippen molar-refractivity contribution in [2.24, 2.45) is 0 Å². The highest BCUT2D eigenvalue weighted by Crippen LogP contribution is 2.19. The van der Waals surface area contributed by atoms with Crippen LogP contribution < -0.4 is 5.32 Å². The minimum atomic E-state index is -0.664. The van der Waals surface area contributed by atoms with E-state index in [4.69, 9.17) is 16.3 Å². The van der Waals surface area contributed by atoms with Crippen molar-refractivity contribution >= 4 is 23.2 Å². The summed E-state index contributed by atoms with van der Waals surface area (Å²) in [6.45, 7) is 2.28. The number of amides is 1. The van der Waals surface area contributed by atoms with E-state index >= 15 is 0 Å². The Morgan fingerprint density at radius 1 is 1.57 bits per heavy atom. The third-order valence-corrected chi connectivity index (χ3v) is 2.95. The summed E-state index contributed by atoms with van der Waals surface area (Å²) in [5, 5.41) is 13.5. The lowest BCUT2D eigenvalue weighted by Gasteiger charge is -2.16. The molecule has 8 nitrogen and oxygen atoms in total. The van der Waals surface area contributed by atoms with Gasteiger partial charge in [0.05, 0.1) is 11.5 Å². The largest absolute Gasteiger partial charge is 0.383 e. The molecule has 0 radical (unpaired) electrons. The number of nitrogens with one attached hydrogen (secondary N) is 1. The number of ether oxygens (including phenoxy) is 1. The second kappa shape index (κ2) is 8.50. The lowest BCUT2D eigenvalue weighted by molar-refractivity contribution is -0.385. The second-order valence-corrected chi connectivity index (χ2v) is 4.72.